The minimum atomic E-state index is 0.599. The van der Waals surface area contributed by atoms with Crippen molar-refractivity contribution < 1.29 is 8.83 Å². The van der Waals surface area contributed by atoms with Crippen LogP contribution in [0, 0.1) is 0 Å². The van der Waals surface area contributed by atoms with E-state index in [2.05, 4.69) is 132 Å². The Morgan fingerprint density at radius 3 is 1.96 bits per heavy atom. The molecule has 8 aromatic carbocycles. The number of fused-ring (bicyclic) bond motifs is 8. The highest BCUT2D eigenvalue weighted by molar-refractivity contribution is 6.18. The summed E-state index contributed by atoms with van der Waals surface area (Å²) in [5.41, 5.74) is 9.51. The number of furan rings is 1. The quantitative estimate of drug-likeness (QED) is 0.178. The summed E-state index contributed by atoms with van der Waals surface area (Å²) in [6.45, 7) is 0. The molecule has 0 aliphatic heterocycles. The Kier molecular flexibility index (Phi) is 6.15. The van der Waals surface area contributed by atoms with E-state index in [-0.39, 0.29) is 0 Å². The minimum Gasteiger partial charge on any atom is -0.456 e. The van der Waals surface area contributed by atoms with Gasteiger partial charge >= 0.3 is 0 Å². The van der Waals surface area contributed by atoms with Crippen molar-refractivity contribution >= 4 is 71.6 Å². The van der Waals surface area contributed by atoms with Gasteiger partial charge in [-0.15, -0.1) is 0 Å². The number of oxazole rings is 1. The lowest BCUT2D eigenvalue weighted by Crippen LogP contribution is -2.10. The van der Waals surface area contributed by atoms with Gasteiger partial charge in [0.2, 0.25) is 5.89 Å². The van der Waals surface area contributed by atoms with Crippen LogP contribution in [0.1, 0.15) is 0 Å². The molecule has 4 nitrogen and oxygen atoms in total. The molecule has 0 atom stereocenters. The van der Waals surface area contributed by atoms with Crippen LogP contribution < -0.4 is 4.90 Å². The lowest BCUT2D eigenvalue weighted by Gasteiger charge is -2.28. The summed E-state index contributed by atoms with van der Waals surface area (Å²) >= 11 is 0. The van der Waals surface area contributed by atoms with Gasteiger partial charge in [-0.25, -0.2) is 4.98 Å². The second-order valence-corrected chi connectivity index (χ2v) is 12.4. The van der Waals surface area contributed by atoms with Crippen molar-refractivity contribution in [2.75, 3.05) is 4.90 Å². The highest BCUT2D eigenvalue weighted by Crippen LogP contribution is 2.45. The molecule has 0 saturated heterocycles. The Morgan fingerprint density at radius 1 is 0.429 bits per heavy atom. The van der Waals surface area contributed by atoms with Crippen molar-refractivity contribution in [3.8, 4) is 22.6 Å². The minimum absolute atomic E-state index is 0.599. The standard InChI is InChI=1S/C45H28N2O2/c1-3-12-29(13-4-1)31-17-11-18-33(26-31)47(40-27-32-16-7-8-19-35(32)36-20-9-10-21-37(36)40)34-22-23-38-42(28-34)48-41-25-24-39-44(43(38)41)49-45(46-39)30-14-5-2-6-15-30/h1-28H. The zero-order valence-corrected chi connectivity index (χ0v) is 26.4. The number of aromatic nitrogens is 1. The Morgan fingerprint density at radius 2 is 1.12 bits per heavy atom. The van der Waals surface area contributed by atoms with Crippen LogP contribution in [0.3, 0.4) is 0 Å². The largest absolute Gasteiger partial charge is 0.456 e. The van der Waals surface area contributed by atoms with Gasteiger partial charge in [0.25, 0.3) is 0 Å². The lowest BCUT2D eigenvalue weighted by atomic mass is 9.98. The SMILES string of the molecule is c1ccc(-c2cccc(N(c3ccc4c(c3)oc3ccc5nc(-c6ccccc6)oc5c34)c3cc4ccccc4c4ccccc34)c2)cc1. The zero-order valence-electron chi connectivity index (χ0n) is 26.4. The zero-order chi connectivity index (χ0) is 32.3. The molecule has 0 aliphatic carbocycles. The molecule has 2 aromatic heterocycles. The molecule has 49 heavy (non-hydrogen) atoms. The molecule has 0 radical (unpaired) electrons. The summed E-state index contributed by atoms with van der Waals surface area (Å²) < 4.78 is 13.0. The number of benzene rings is 8. The molecule has 0 N–H and O–H groups in total. The topological polar surface area (TPSA) is 42.4 Å². The highest BCUT2D eigenvalue weighted by atomic mass is 16.4. The van der Waals surface area contributed by atoms with Gasteiger partial charge in [0.05, 0.1) is 11.1 Å². The van der Waals surface area contributed by atoms with E-state index in [1.54, 1.807) is 0 Å². The molecule has 0 unspecified atom stereocenters. The van der Waals surface area contributed by atoms with Gasteiger partial charge in [-0.1, -0.05) is 109 Å². The van der Waals surface area contributed by atoms with Crippen LogP contribution in [0.4, 0.5) is 17.1 Å². The van der Waals surface area contributed by atoms with Crippen molar-refractivity contribution in [2.45, 2.75) is 0 Å². The third kappa shape index (κ3) is 4.49. The molecule has 10 rings (SSSR count). The van der Waals surface area contributed by atoms with E-state index in [0.717, 1.165) is 61.2 Å². The second-order valence-electron chi connectivity index (χ2n) is 12.4. The van der Waals surface area contributed by atoms with E-state index in [1.165, 1.54) is 27.1 Å². The fourth-order valence-corrected chi connectivity index (χ4v) is 7.18. The van der Waals surface area contributed by atoms with Gasteiger partial charge in [0, 0.05) is 33.8 Å². The van der Waals surface area contributed by atoms with Crippen LogP contribution >= 0.6 is 0 Å². The average Bonchev–Trinajstić information content (AvgIpc) is 3.77. The molecule has 2 heterocycles. The normalized spacial score (nSPS) is 11.7. The molecule has 0 fully saturated rings. The van der Waals surface area contributed by atoms with Crippen LogP contribution in [0.15, 0.2) is 179 Å². The molecule has 0 saturated carbocycles. The molecule has 0 bridgehead atoms. The third-order valence-electron chi connectivity index (χ3n) is 9.45. The predicted octanol–water partition coefficient (Wildman–Crippen LogP) is 12.8. The van der Waals surface area contributed by atoms with E-state index >= 15 is 0 Å². The molecule has 230 valence electrons. The van der Waals surface area contributed by atoms with Gasteiger partial charge in [-0.05, 0) is 81.9 Å². The first-order valence-corrected chi connectivity index (χ1v) is 16.5. The highest BCUT2D eigenvalue weighted by Gasteiger charge is 2.21. The van der Waals surface area contributed by atoms with E-state index < -0.39 is 0 Å². The summed E-state index contributed by atoms with van der Waals surface area (Å²) in [5.74, 6) is 0.599. The first-order valence-electron chi connectivity index (χ1n) is 16.5. The third-order valence-corrected chi connectivity index (χ3v) is 9.45. The molecule has 0 aliphatic rings. The maximum absolute atomic E-state index is 6.57. The summed E-state index contributed by atoms with van der Waals surface area (Å²) in [7, 11) is 0. The van der Waals surface area contributed by atoms with Crippen molar-refractivity contribution in [1.82, 2.24) is 4.98 Å². The lowest BCUT2D eigenvalue weighted by molar-refractivity contribution is 0.622. The van der Waals surface area contributed by atoms with Crippen LogP contribution in [-0.4, -0.2) is 4.98 Å². The number of rotatable bonds is 5. The van der Waals surface area contributed by atoms with Crippen LogP contribution in [-0.2, 0) is 0 Å². The molecule has 0 amide bonds. The molecule has 0 spiro atoms. The molecule has 10 aromatic rings. The van der Waals surface area contributed by atoms with Crippen LogP contribution in [0.5, 0.6) is 0 Å². The van der Waals surface area contributed by atoms with Gasteiger partial charge in [0.1, 0.15) is 16.7 Å². The number of hydrogen-bond donors (Lipinski definition) is 0. The summed E-state index contributed by atoms with van der Waals surface area (Å²) in [4.78, 5) is 7.17. The first kappa shape index (κ1) is 27.5. The maximum Gasteiger partial charge on any atom is 0.227 e. The fourth-order valence-electron chi connectivity index (χ4n) is 7.18. The van der Waals surface area contributed by atoms with Crippen molar-refractivity contribution in [3.63, 3.8) is 0 Å². The Hall–Kier alpha value is -6.65. The summed E-state index contributed by atoms with van der Waals surface area (Å²) in [5, 5.41) is 6.73. The second kappa shape index (κ2) is 11.0. The Balaban J connectivity index is 1.21. The Bertz CT molecular complexity index is 2830. The fraction of sp³-hybridized carbons (Fsp3) is 0. The smallest absolute Gasteiger partial charge is 0.227 e. The van der Waals surface area contributed by atoms with Gasteiger partial charge < -0.3 is 13.7 Å². The van der Waals surface area contributed by atoms with E-state index in [0.29, 0.717) is 5.89 Å². The van der Waals surface area contributed by atoms with Crippen molar-refractivity contribution in [2.24, 2.45) is 0 Å². The van der Waals surface area contributed by atoms with E-state index in [4.69, 9.17) is 13.8 Å². The van der Waals surface area contributed by atoms with Gasteiger partial charge in [-0.3, -0.25) is 0 Å². The summed E-state index contributed by atoms with van der Waals surface area (Å²) in [6.07, 6.45) is 0. The van der Waals surface area contributed by atoms with E-state index in [9.17, 15) is 0 Å². The molecular formula is C45H28N2O2. The molecular weight excluding hydrogens is 601 g/mol. The van der Waals surface area contributed by atoms with Crippen molar-refractivity contribution in [1.29, 1.82) is 0 Å². The predicted molar refractivity (Wildman–Crippen MR) is 202 cm³/mol. The monoisotopic (exact) mass is 628 g/mol. The van der Waals surface area contributed by atoms with Crippen molar-refractivity contribution in [3.05, 3.63) is 170 Å². The molecule has 4 heteroatoms. The number of nitrogens with zero attached hydrogens (tertiary/aromatic N) is 2. The maximum atomic E-state index is 6.57. The van der Waals surface area contributed by atoms with E-state index in [1.807, 2.05) is 42.5 Å². The van der Waals surface area contributed by atoms with Gasteiger partial charge in [0.15, 0.2) is 5.58 Å². The van der Waals surface area contributed by atoms with Crippen LogP contribution in [0.25, 0.3) is 77.2 Å². The number of anilines is 3. The van der Waals surface area contributed by atoms with Gasteiger partial charge in [-0.2, -0.15) is 0 Å². The Labute approximate surface area is 282 Å². The summed E-state index contributed by atoms with van der Waals surface area (Å²) in [6, 6.07) is 59.3. The first-order chi connectivity index (χ1) is 24.3. The van der Waals surface area contributed by atoms with Crippen LogP contribution in [0.2, 0.25) is 0 Å². The average molecular weight is 629 g/mol. The number of hydrogen-bond acceptors (Lipinski definition) is 4.